The van der Waals surface area contributed by atoms with Gasteiger partial charge in [-0.05, 0) is 30.3 Å². The highest BCUT2D eigenvalue weighted by atomic mass is 19.1. The first kappa shape index (κ1) is 26.6. The highest BCUT2D eigenvalue weighted by Gasteiger charge is 2.33. The number of rotatable bonds is 7. The van der Waals surface area contributed by atoms with Gasteiger partial charge < -0.3 is 34.7 Å². The summed E-state index contributed by atoms with van der Waals surface area (Å²) in [5.74, 6) is -1.90. The minimum absolute atomic E-state index is 0.0526. The average molecular weight is 558 g/mol. The Hall–Kier alpha value is -4.95. The molecule has 15 heteroatoms. The first-order valence-electron chi connectivity index (χ1n) is 12.4. The number of hydrogen-bond acceptors (Lipinski definition) is 7. The van der Waals surface area contributed by atoms with Gasteiger partial charge in [-0.1, -0.05) is 0 Å². The van der Waals surface area contributed by atoms with Crippen molar-refractivity contribution in [3.63, 3.8) is 0 Å². The molecule has 1 atom stereocenters. The average Bonchev–Trinajstić information content (AvgIpc) is 3.53. The van der Waals surface area contributed by atoms with Gasteiger partial charge in [-0.25, -0.2) is 23.4 Å². The summed E-state index contributed by atoms with van der Waals surface area (Å²) in [6.45, 7) is 1.06. The third kappa shape index (κ3) is 5.72. The Bertz CT molecular complexity index is 1470. The van der Waals surface area contributed by atoms with Crippen LogP contribution in [0.5, 0.6) is 0 Å². The molecule has 40 heavy (non-hydrogen) atoms. The van der Waals surface area contributed by atoms with Crippen molar-refractivity contribution < 1.29 is 37.8 Å². The quantitative estimate of drug-likeness (QED) is 0.394. The lowest BCUT2D eigenvalue weighted by atomic mass is 10.2. The molecule has 2 fully saturated rings. The smallest absolute Gasteiger partial charge is 0.414 e. The number of imidazole rings is 1. The molecular weight excluding hydrogens is 532 g/mol. The number of halogens is 2. The SMILES string of the molecule is O=C(O)NC[C@H]1CN(c2ccc(N3CCN(C(=O)CNC(=O)c4cn5cc(F)ccc5n4)CC3)c(F)c2)C(=O)O1. The van der Waals surface area contributed by atoms with Gasteiger partial charge in [0.05, 0.1) is 31.0 Å². The number of fused-ring (bicyclic) bond motifs is 1. The molecule has 0 unspecified atom stereocenters. The van der Waals surface area contributed by atoms with E-state index in [0.717, 1.165) is 0 Å². The number of nitrogens with zero attached hydrogens (tertiary/aromatic N) is 5. The lowest BCUT2D eigenvalue weighted by molar-refractivity contribution is -0.130. The molecule has 4 heterocycles. The Labute approximate surface area is 225 Å². The van der Waals surface area contributed by atoms with Crippen LogP contribution in [0.2, 0.25) is 0 Å². The van der Waals surface area contributed by atoms with Crippen LogP contribution in [0.25, 0.3) is 5.65 Å². The largest absolute Gasteiger partial charge is 0.465 e. The van der Waals surface area contributed by atoms with Crippen molar-refractivity contribution in [2.24, 2.45) is 0 Å². The summed E-state index contributed by atoms with van der Waals surface area (Å²) in [7, 11) is 0. The minimum atomic E-state index is -1.24. The van der Waals surface area contributed by atoms with Crippen molar-refractivity contribution in [2.75, 3.05) is 55.6 Å². The van der Waals surface area contributed by atoms with Gasteiger partial charge in [0.15, 0.2) is 0 Å². The van der Waals surface area contributed by atoms with E-state index in [9.17, 15) is 23.6 Å². The molecule has 1 aromatic carbocycles. The topological polar surface area (TPSA) is 149 Å². The number of benzene rings is 1. The maximum Gasteiger partial charge on any atom is 0.414 e. The van der Waals surface area contributed by atoms with Crippen LogP contribution >= 0.6 is 0 Å². The van der Waals surface area contributed by atoms with E-state index in [1.165, 1.54) is 39.9 Å². The van der Waals surface area contributed by atoms with E-state index in [4.69, 9.17) is 9.84 Å². The molecule has 2 aliphatic rings. The number of carboxylic acid groups (broad SMARTS) is 1. The van der Waals surface area contributed by atoms with E-state index < -0.39 is 35.8 Å². The molecule has 3 aromatic rings. The Kier molecular flexibility index (Phi) is 7.35. The van der Waals surface area contributed by atoms with Crippen LogP contribution in [0.15, 0.2) is 42.7 Å². The number of anilines is 2. The van der Waals surface area contributed by atoms with Crippen molar-refractivity contribution in [1.82, 2.24) is 24.9 Å². The molecule has 13 nitrogen and oxygen atoms in total. The predicted octanol–water partition coefficient (Wildman–Crippen LogP) is 1.28. The van der Waals surface area contributed by atoms with Gasteiger partial charge >= 0.3 is 12.2 Å². The molecule has 210 valence electrons. The molecule has 0 bridgehead atoms. The number of hydrogen-bond donors (Lipinski definition) is 3. The molecule has 3 N–H and O–H groups in total. The zero-order valence-electron chi connectivity index (χ0n) is 21.0. The van der Waals surface area contributed by atoms with E-state index in [0.29, 0.717) is 37.5 Å². The van der Waals surface area contributed by atoms with E-state index >= 15 is 4.39 Å². The van der Waals surface area contributed by atoms with Crippen molar-refractivity contribution >= 4 is 41.0 Å². The number of ether oxygens (including phenoxy) is 1. The molecule has 0 spiro atoms. The number of aromatic nitrogens is 2. The second kappa shape index (κ2) is 11.0. The number of piperazine rings is 1. The van der Waals surface area contributed by atoms with Crippen LogP contribution in [-0.2, 0) is 9.53 Å². The summed E-state index contributed by atoms with van der Waals surface area (Å²) in [6, 6.07) is 7.00. The molecule has 0 aliphatic carbocycles. The third-order valence-corrected chi connectivity index (χ3v) is 6.62. The maximum absolute atomic E-state index is 15.0. The molecule has 2 aliphatic heterocycles. The second-order valence-electron chi connectivity index (χ2n) is 9.23. The summed E-state index contributed by atoms with van der Waals surface area (Å²) in [6.07, 6.45) is -0.0558. The van der Waals surface area contributed by atoms with Gasteiger partial charge in [-0.2, -0.15) is 0 Å². The number of carbonyl (C=O) groups is 4. The van der Waals surface area contributed by atoms with Crippen molar-refractivity contribution in [1.29, 1.82) is 0 Å². The van der Waals surface area contributed by atoms with Crippen LogP contribution in [0.4, 0.5) is 29.7 Å². The molecule has 5 rings (SSSR count). The van der Waals surface area contributed by atoms with Crippen molar-refractivity contribution in [3.8, 4) is 0 Å². The fourth-order valence-corrected chi connectivity index (χ4v) is 4.59. The molecule has 0 saturated carbocycles. The number of pyridine rings is 1. The van der Waals surface area contributed by atoms with Crippen molar-refractivity contribution in [2.45, 2.75) is 6.10 Å². The lowest BCUT2D eigenvalue weighted by Gasteiger charge is -2.36. The number of carbonyl (C=O) groups excluding carboxylic acids is 3. The maximum atomic E-state index is 15.0. The Morgan fingerprint density at radius 2 is 1.82 bits per heavy atom. The van der Waals surface area contributed by atoms with Crippen LogP contribution in [0, 0.1) is 11.6 Å². The number of amides is 4. The summed E-state index contributed by atoms with van der Waals surface area (Å²) < 4.78 is 34.9. The Morgan fingerprint density at radius 1 is 1.05 bits per heavy atom. The second-order valence-corrected chi connectivity index (χ2v) is 9.23. The molecule has 4 amide bonds. The fourth-order valence-electron chi connectivity index (χ4n) is 4.59. The van der Waals surface area contributed by atoms with E-state index in [-0.39, 0.29) is 36.9 Å². The van der Waals surface area contributed by atoms with Crippen LogP contribution in [-0.4, -0.2) is 95.3 Å². The molecule has 2 aromatic heterocycles. The number of nitrogens with one attached hydrogen (secondary N) is 2. The van der Waals surface area contributed by atoms with Gasteiger partial charge in [-0.15, -0.1) is 0 Å². The first-order valence-corrected chi connectivity index (χ1v) is 12.4. The zero-order chi connectivity index (χ0) is 28.4. The highest BCUT2D eigenvalue weighted by molar-refractivity contribution is 5.95. The van der Waals surface area contributed by atoms with Crippen LogP contribution < -0.4 is 20.4 Å². The van der Waals surface area contributed by atoms with Gasteiger partial charge in [0.25, 0.3) is 5.91 Å². The standard InChI is InChI=1S/C25H25F2N7O6/c26-15-1-4-21-30-19(14-33(21)12-15)23(36)28-11-22(35)32-7-5-31(6-8-32)20-3-2-16(9-18(20)27)34-13-17(40-25(34)39)10-29-24(37)38/h1-4,9,12,14,17,29H,5-8,10-11,13H2,(H,28,36)(H,37,38)/t17-/m0/s1. The monoisotopic (exact) mass is 557 g/mol. The summed E-state index contributed by atoms with van der Waals surface area (Å²) in [4.78, 5) is 56.6. The summed E-state index contributed by atoms with van der Waals surface area (Å²) >= 11 is 0. The lowest BCUT2D eigenvalue weighted by Crippen LogP contribution is -2.51. The van der Waals surface area contributed by atoms with Gasteiger partial charge in [-0.3, -0.25) is 14.5 Å². The Balaban J connectivity index is 1.12. The third-order valence-electron chi connectivity index (χ3n) is 6.62. The van der Waals surface area contributed by atoms with E-state index in [1.54, 1.807) is 21.9 Å². The molecule has 2 saturated heterocycles. The summed E-state index contributed by atoms with van der Waals surface area (Å²) in [5.41, 5.74) is 1.04. The molecule has 0 radical (unpaired) electrons. The molecular formula is C25H25F2N7O6. The minimum Gasteiger partial charge on any atom is -0.465 e. The Morgan fingerprint density at radius 3 is 2.55 bits per heavy atom. The van der Waals surface area contributed by atoms with Gasteiger partial charge in [0.2, 0.25) is 5.91 Å². The fraction of sp³-hybridized carbons (Fsp3) is 0.320. The van der Waals surface area contributed by atoms with Crippen LogP contribution in [0.3, 0.4) is 0 Å². The first-order chi connectivity index (χ1) is 19.2. The normalized spacial score (nSPS) is 17.2. The zero-order valence-corrected chi connectivity index (χ0v) is 21.0. The summed E-state index contributed by atoms with van der Waals surface area (Å²) in [5, 5.41) is 13.4. The van der Waals surface area contributed by atoms with Gasteiger partial charge in [0, 0.05) is 38.6 Å². The van der Waals surface area contributed by atoms with E-state index in [2.05, 4.69) is 15.6 Å². The highest BCUT2D eigenvalue weighted by Crippen LogP contribution is 2.28. The van der Waals surface area contributed by atoms with Crippen LogP contribution in [0.1, 0.15) is 10.5 Å². The van der Waals surface area contributed by atoms with E-state index in [1.807, 2.05) is 0 Å². The number of cyclic esters (lactones) is 1. The van der Waals surface area contributed by atoms with Gasteiger partial charge in [0.1, 0.15) is 29.1 Å². The van der Waals surface area contributed by atoms with Crippen molar-refractivity contribution in [3.05, 3.63) is 60.1 Å². The predicted molar refractivity (Wildman–Crippen MR) is 136 cm³/mol.